The van der Waals surface area contributed by atoms with Gasteiger partial charge in [0.25, 0.3) is 5.91 Å². The topological polar surface area (TPSA) is 87.7 Å². The summed E-state index contributed by atoms with van der Waals surface area (Å²) in [6.07, 6.45) is -0.333. The van der Waals surface area contributed by atoms with Crippen molar-refractivity contribution < 1.29 is 27.9 Å². The minimum Gasteiger partial charge on any atom is -0.484 e. The lowest BCUT2D eigenvalue weighted by molar-refractivity contribution is -0.127. The molecule has 0 saturated heterocycles. The van der Waals surface area contributed by atoms with Gasteiger partial charge in [-0.15, -0.1) is 0 Å². The summed E-state index contributed by atoms with van der Waals surface area (Å²) < 4.78 is 31.7. The second-order valence-electron chi connectivity index (χ2n) is 7.29. The number of anilines is 3. The van der Waals surface area contributed by atoms with Crippen molar-refractivity contribution in [3.05, 3.63) is 84.4 Å². The van der Waals surface area contributed by atoms with Crippen LogP contribution >= 0.6 is 0 Å². The van der Waals surface area contributed by atoms with Gasteiger partial charge in [-0.25, -0.2) is 8.78 Å². The van der Waals surface area contributed by atoms with Gasteiger partial charge in [0.05, 0.1) is 17.8 Å². The maximum atomic E-state index is 13.1. The van der Waals surface area contributed by atoms with Gasteiger partial charge in [-0.2, -0.15) is 0 Å². The van der Waals surface area contributed by atoms with E-state index in [0.29, 0.717) is 17.1 Å². The Bertz CT molecular complexity index is 1180. The van der Waals surface area contributed by atoms with E-state index in [1.165, 1.54) is 53.4 Å². The average Bonchev–Trinajstić information content (AvgIpc) is 2.80. The quantitative estimate of drug-likeness (QED) is 0.598. The van der Waals surface area contributed by atoms with Crippen LogP contribution in [0.4, 0.5) is 25.8 Å². The number of benzene rings is 3. The third-order valence-corrected chi connectivity index (χ3v) is 4.99. The lowest BCUT2D eigenvalue weighted by Crippen LogP contribution is -2.53. The predicted molar refractivity (Wildman–Crippen MR) is 118 cm³/mol. The number of hydrogen-bond donors (Lipinski definition) is 2. The molecule has 168 valence electrons. The summed E-state index contributed by atoms with van der Waals surface area (Å²) in [5, 5.41) is 5.30. The molecule has 0 aromatic heterocycles. The van der Waals surface area contributed by atoms with Crippen LogP contribution in [0.25, 0.3) is 0 Å². The van der Waals surface area contributed by atoms with Crippen LogP contribution in [0.1, 0.15) is 6.42 Å². The van der Waals surface area contributed by atoms with Crippen LogP contribution in [0.5, 0.6) is 5.75 Å². The Balaban J connectivity index is 1.53. The highest BCUT2D eigenvalue weighted by Gasteiger charge is 2.38. The van der Waals surface area contributed by atoms with E-state index in [9.17, 15) is 23.2 Å². The molecular formula is C24H19F2N3O4. The number of carbonyl (C=O) groups is 3. The summed E-state index contributed by atoms with van der Waals surface area (Å²) in [4.78, 5) is 39.7. The number of nitrogens with one attached hydrogen (secondary N) is 2. The van der Waals surface area contributed by atoms with Crippen LogP contribution in [-0.4, -0.2) is 30.4 Å². The summed E-state index contributed by atoms with van der Waals surface area (Å²) in [5.41, 5.74) is 1.20. The van der Waals surface area contributed by atoms with Gasteiger partial charge < -0.3 is 15.4 Å². The Morgan fingerprint density at radius 1 is 0.939 bits per heavy atom. The first kappa shape index (κ1) is 21.9. The Labute approximate surface area is 188 Å². The van der Waals surface area contributed by atoms with E-state index in [1.807, 2.05) is 0 Å². The number of nitrogens with zero attached hydrogens (tertiary/aromatic N) is 1. The maximum absolute atomic E-state index is 13.1. The van der Waals surface area contributed by atoms with Crippen molar-refractivity contribution in [2.24, 2.45) is 0 Å². The molecule has 0 unspecified atom stereocenters. The molecule has 1 heterocycles. The molecule has 1 aliphatic heterocycles. The molecule has 3 amide bonds. The van der Waals surface area contributed by atoms with Gasteiger partial charge in [0.15, 0.2) is 6.61 Å². The van der Waals surface area contributed by atoms with Crippen LogP contribution in [0.15, 0.2) is 72.8 Å². The number of halogens is 2. The lowest BCUT2D eigenvalue weighted by Gasteiger charge is -2.36. The van der Waals surface area contributed by atoms with Gasteiger partial charge in [-0.1, -0.05) is 12.1 Å². The molecule has 9 heteroatoms. The Morgan fingerprint density at radius 2 is 1.58 bits per heavy atom. The second kappa shape index (κ2) is 9.47. The van der Waals surface area contributed by atoms with Gasteiger partial charge in [-0.05, 0) is 60.7 Å². The largest absolute Gasteiger partial charge is 0.484 e. The van der Waals surface area contributed by atoms with E-state index < -0.39 is 42.0 Å². The fourth-order valence-electron chi connectivity index (χ4n) is 3.45. The number of rotatable bonds is 6. The van der Waals surface area contributed by atoms with Crippen molar-refractivity contribution in [1.82, 2.24) is 0 Å². The Hall–Kier alpha value is -4.27. The molecule has 33 heavy (non-hydrogen) atoms. The highest BCUT2D eigenvalue weighted by atomic mass is 19.1. The first-order valence-electron chi connectivity index (χ1n) is 10.1. The van der Waals surface area contributed by atoms with Crippen LogP contribution < -0.4 is 20.3 Å². The number of carbonyl (C=O) groups excluding carboxylic acids is 3. The van der Waals surface area contributed by atoms with E-state index in [0.717, 1.165) is 0 Å². The number of fused-ring (bicyclic) bond motifs is 1. The summed E-state index contributed by atoms with van der Waals surface area (Å²) in [6.45, 7) is -0.427. The highest BCUT2D eigenvalue weighted by molar-refractivity contribution is 6.14. The van der Waals surface area contributed by atoms with Crippen LogP contribution in [0.2, 0.25) is 0 Å². The summed E-state index contributed by atoms with van der Waals surface area (Å²) >= 11 is 0. The van der Waals surface area contributed by atoms with Crippen molar-refractivity contribution >= 4 is 34.8 Å². The molecule has 0 spiro atoms. The van der Waals surface area contributed by atoms with E-state index in [2.05, 4.69) is 10.6 Å². The molecule has 4 rings (SSSR count). The van der Waals surface area contributed by atoms with Crippen molar-refractivity contribution in [3.8, 4) is 5.75 Å². The number of ether oxygens (including phenoxy) is 1. The number of hydrogen-bond acceptors (Lipinski definition) is 4. The van der Waals surface area contributed by atoms with E-state index in [4.69, 9.17) is 4.74 Å². The zero-order valence-corrected chi connectivity index (χ0v) is 17.3. The second-order valence-corrected chi connectivity index (χ2v) is 7.29. The fourth-order valence-corrected chi connectivity index (χ4v) is 3.45. The summed E-state index contributed by atoms with van der Waals surface area (Å²) in [7, 11) is 0. The molecular weight excluding hydrogens is 432 g/mol. The van der Waals surface area contributed by atoms with Crippen LogP contribution in [0, 0.1) is 11.6 Å². The number of amides is 3. The van der Waals surface area contributed by atoms with E-state index in [-0.39, 0.29) is 12.2 Å². The molecule has 0 bridgehead atoms. The minimum absolute atomic E-state index is 0.282. The predicted octanol–water partition coefficient (Wildman–Crippen LogP) is 3.73. The summed E-state index contributed by atoms with van der Waals surface area (Å²) in [6, 6.07) is 15.9. The maximum Gasteiger partial charge on any atom is 0.265 e. The molecule has 3 aromatic rings. The highest BCUT2D eigenvalue weighted by Crippen LogP contribution is 2.33. The van der Waals surface area contributed by atoms with Gasteiger partial charge in [0.2, 0.25) is 11.8 Å². The summed E-state index contributed by atoms with van der Waals surface area (Å²) in [5.74, 6) is -2.22. The van der Waals surface area contributed by atoms with Crippen molar-refractivity contribution in [1.29, 1.82) is 0 Å². The third kappa shape index (κ3) is 5.15. The molecule has 0 radical (unpaired) electrons. The smallest absolute Gasteiger partial charge is 0.265 e. The zero-order chi connectivity index (χ0) is 23.4. The molecule has 0 saturated carbocycles. The van der Waals surface area contributed by atoms with Gasteiger partial charge >= 0.3 is 0 Å². The average molecular weight is 451 g/mol. The third-order valence-electron chi connectivity index (χ3n) is 4.99. The monoisotopic (exact) mass is 451 g/mol. The first-order chi connectivity index (χ1) is 15.9. The van der Waals surface area contributed by atoms with Crippen LogP contribution in [0.3, 0.4) is 0 Å². The first-order valence-corrected chi connectivity index (χ1v) is 10.1. The standard InChI is InChI=1S/C24H19F2N3O4/c25-15-5-9-17(10-6-15)27-22(30)13-21-24(32)28-19-3-1-2-4-20(19)29(21)23(31)14-33-18-11-7-16(26)8-12-18/h1-12,21H,13-14H2,(H,27,30)(H,28,32)/t21-/m0/s1. The minimum atomic E-state index is -1.13. The van der Waals surface area contributed by atoms with Crippen molar-refractivity contribution in [2.45, 2.75) is 12.5 Å². The lowest BCUT2D eigenvalue weighted by atomic mass is 10.0. The fraction of sp³-hybridized carbons (Fsp3) is 0.125. The van der Waals surface area contributed by atoms with Gasteiger partial charge in [0, 0.05) is 5.69 Å². The molecule has 7 nitrogen and oxygen atoms in total. The van der Waals surface area contributed by atoms with E-state index in [1.54, 1.807) is 24.3 Å². The van der Waals surface area contributed by atoms with Crippen molar-refractivity contribution in [2.75, 3.05) is 22.1 Å². The Morgan fingerprint density at radius 3 is 2.27 bits per heavy atom. The SMILES string of the molecule is O=C(C[C@H]1C(=O)Nc2ccccc2N1C(=O)COc1ccc(F)cc1)Nc1ccc(F)cc1. The van der Waals surface area contributed by atoms with Crippen molar-refractivity contribution in [3.63, 3.8) is 0 Å². The number of para-hydroxylation sites is 2. The zero-order valence-electron chi connectivity index (χ0n) is 17.3. The normalized spacial score (nSPS) is 14.8. The molecule has 1 atom stereocenters. The molecule has 0 aliphatic carbocycles. The molecule has 3 aromatic carbocycles. The molecule has 1 aliphatic rings. The van der Waals surface area contributed by atoms with Gasteiger partial charge in [0.1, 0.15) is 23.4 Å². The van der Waals surface area contributed by atoms with E-state index >= 15 is 0 Å². The van der Waals surface area contributed by atoms with Gasteiger partial charge in [-0.3, -0.25) is 19.3 Å². The Kier molecular flexibility index (Phi) is 6.30. The molecule has 2 N–H and O–H groups in total. The van der Waals surface area contributed by atoms with Crippen LogP contribution in [-0.2, 0) is 14.4 Å². The molecule has 0 fully saturated rings.